The minimum Gasteiger partial charge on any atom is -0.352 e. The van der Waals surface area contributed by atoms with Crippen LogP contribution in [0.3, 0.4) is 0 Å². The van der Waals surface area contributed by atoms with E-state index in [1.807, 2.05) is 0 Å². The van der Waals surface area contributed by atoms with E-state index in [2.05, 4.69) is 22.5 Å². The van der Waals surface area contributed by atoms with E-state index < -0.39 is 0 Å². The first-order valence-electron chi connectivity index (χ1n) is 8.98. The number of halogens is 1. The van der Waals surface area contributed by atoms with Gasteiger partial charge in [0, 0.05) is 45.6 Å². The molecule has 1 aliphatic heterocycles. The normalized spacial score (nSPS) is 20.4. The quantitative estimate of drug-likeness (QED) is 0.755. The fraction of sp³-hybridized carbons (Fsp3) is 0.579. The summed E-state index contributed by atoms with van der Waals surface area (Å²) in [6, 6.07) is 6.30. The molecule has 1 aromatic carbocycles. The molecule has 2 amide bonds. The van der Waals surface area contributed by atoms with Gasteiger partial charge < -0.3 is 15.5 Å². The van der Waals surface area contributed by atoms with Gasteiger partial charge in [0.25, 0.3) is 0 Å². The van der Waals surface area contributed by atoms with Crippen molar-refractivity contribution < 1.29 is 14.0 Å². The first kappa shape index (κ1) is 19.4. The summed E-state index contributed by atoms with van der Waals surface area (Å²) in [4.78, 5) is 25.6. The second-order valence-electron chi connectivity index (χ2n) is 6.77. The van der Waals surface area contributed by atoms with Crippen LogP contribution in [-0.2, 0) is 16.1 Å². The first-order valence-corrected chi connectivity index (χ1v) is 8.98. The van der Waals surface area contributed by atoms with Crippen LogP contribution in [0.15, 0.2) is 24.3 Å². The Morgan fingerprint density at radius 3 is 2.60 bits per heavy atom. The summed E-state index contributed by atoms with van der Waals surface area (Å²) in [5.74, 6) is 0.167. The van der Waals surface area contributed by atoms with Crippen LogP contribution in [0.25, 0.3) is 0 Å². The van der Waals surface area contributed by atoms with Crippen LogP contribution < -0.4 is 10.6 Å². The molecule has 0 radical (unpaired) electrons. The van der Waals surface area contributed by atoms with Crippen molar-refractivity contribution >= 4 is 11.8 Å². The van der Waals surface area contributed by atoms with Crippen molar-refractivity contribution in [2.75, 3.05) is 19.6 Å². The lowest BCUT2D eigenvalue weighted by Gasteiger charge is -2.18. The Balaban J connectivity index is 1.73. The lowest BCUT2D eigenvalue weighted by Crippen LogP contribution is -2.39. The van der Waals surface area contributed by atoms with Crippen molar-refractivity contribution in [3.8, 4) is 0 Å². The highest BCUT2D eigenvalue weighted by atomic mass is 19.1. The molecule has 138 valence electrons. The Kier molecular flexibility index (Phi) is 7.37. The van der Waals surface area contributed by atoms with Crippen LogP contribution in [0, 0.1) is 11.7 Å². The molecule has 1 saturated heterocycles. The van der Waals surface area contributed by atoms with Crippen molar-refractivity contribution in [2.24, 2.45) is 5.92 Å². The highest BCUT2D eigenvalue weighted by molar-refractivity contribution is 5.76. The van der Waals surface area contributed by atoms with Crippen LogP contribution >= 0.6 is 0 Å². The van der Waals surface area contributed by atoms with Crippen LogP contribution in [0.5, 0.6) is 0 Å². The zero-order valence-electron chi connectivity index (χ0n) is 15.1. The molecule has 0 aromatic heterocycles. The lowest BCUT2D eigenvalue weighted by atomic mass is 9.98. The number of carbonyl (C=O) groups excluding carboxylic acids is 2. The van der Waals surface area contributed by atoms with Gasteiger partial charge in [0.05, 0.1) is 0 Å². The molecular weight excluding hydrogens is 321 g/mol. The Morgan fingerprint density at radius 2 is 1.96 bits per heavy atom. The summed E-state index contributed by atoms with van der Waals surface area (Å²) >= 11 is 0. The predicted octanol–water partition coefficient (Wildman–Crippen LogP) is 2.07. The summed E-state index contributed by atoms with van der Waals surface area (Å²) in [6.45, 7) is 6.52. The Morgan fingerprint density at radius 1 is 1.24 bits per heavy atom. The van der Waals surface area contributed by atoms with Gasteiger partial charge in [0.1, 0.15) is 5.82 Å². The van der Waals surface area contributed by atoms with Crippen molar-refractivity contribution in [3.05, 3.63) is 35.6 Å². The second-order valence-corrected chi connectivity index (χ2v) is 6.77. The van der Waals surface area contributed by atoms with Crippen molar-refractivity contribution in [1.82, 2.24) is 15.5 Å². The maximum Gasteiger partial charge on any atom is 0.221 e. The molecule has 0 unspecified atom stereocenters. The first-order chi connectivity index (χ1) is 12.0. The topological polar surface area (TPSA) is 61.4 Å². The summed E-state index contributed by atoms with van der Waals surface area (Å²) < 4.78 is 12.9. The van der Waals surface area contributed by atoms with Crippen LogP contribution in [-0.4, -0.2) is 42.4 Å². The highest BCUT2D eigenvalue weighted by Crippen LogP contribution is 2.21. The molecule has 1 heterocycles. The summed E-state index contributed by atoms with van der Waals surface area (Å²) in [6.07, 6.45) is 2.60. The molecule has 2 atom stereocenters. The van der Waals surface area contributed by atoms with Gasteiger partial charge in [-0.15, -0.1) is 0 Å². The number of benzene rings is 1. The van der Waals surface area contributed by atoms with Crippen LogP contribution in [0.1, 0.15) is 38.7 Å². The van der Waals surface area contributed by atoms with Crippen molar-refractivity contribution in [3.63, 3.8) is 0 Å². The average Bonchev–Trinajstić information content (AvgIpc) is 2.94. The van der Waals surface area contributed by atoms with Gasteiger partial charge >= 0.3 is 0 Å². The van der Waals surface area contributed by atoms with Crippen LogP contribution in [0.4, 0.5) is 4.39 Å². The second kappa shape index (κ2) is 9.51. The third kappa shape index (κ3) is 6.46. The third-order valence-corrected chi connectivity index (χ3v) is 4.62. The molecule has 1 aliphatic rings. The highest BCUT2D eigenvalue weighted by Gasteiger charge is 2.32. The summed E-state index contributed by atoms with van der Waals surface area (Å²) in [7, 11) is 0. The Bertz CT molecular complexity index is 577. The van der Waals surface area contributed by atoms with Gasteiger partial charge in [-0.2, -0.15) is 0 Å². The number of rotatable bonds is 8. The number of likely N-dealkylation sites (tertiary alicyclic amines) is 1. The molecule has 6 heteroatoms. The lowest BCUT2D eigenvalue weighted by molar-refractivity contribution is -0.122. The van der Waals surface area contributed by atoms with E-state index >= 15 is 0 Å². The molecule has 2 rings (SSSR count). The average molecular weight is 349 g/mol. The van der Waals surface area contributed by atoms with Gasteiger partial charge in [0.15, 0.2) is 0 Å². The number of nitrogens with one attached hydrogen (secondary N) is 2. The number of hydrogen-bond acceptors (Lipinski definition) is 3. The van der Waals surface area contributed by atoms with E-state index in [1.54, 1.807) is 19.1 Å². The molecule has 5 nitrogen and oxygen atoms in total. The fourth-order valence-corrected chi connectivity index (χ4v) is 3.38. The molecule has 0 aliphatic carbocycles. The number of hydrogen-bond donors (Lipinski definition) is 2. The summed E-state index contributed by atoms with van der Waals surface area (Å²) in [5.41, 5.74) is 0.879. The predicted molar refractivity (Wildman–Crippen MR) is 95.3 cm³/mol. The minimum atomic E-state index is -0.278. The molecule has 0 spiro atoms. The SMILES string of the molecule is CCC[C@@H]1CN(CCC(=O)NCc2ccc(F)cc2)C[C@H]1NC(C)=O. The Labute approximate surface area is 149 Å². The van der Waals surface area contributed by atoms with E-state index in [1.165, 1.54) is 12.1 Å². The van der Waals surface area contributed by atoms with E-state index in [-0.39, 0.29) is 23.7 Å². The molecular formula is C19H28FN3O2. The summed E-state index contributed by atoms with van der Waals surface area (Å²) in [5, 5.41) is 5.90. The van der Waals surface area contributed by atoms with E-state index in [9.17, 15) is 14.0 Å². The zero-order chi connectivity index (χ0) is 18.2. The van der Waals surface area contributed by atoms with Crippen LogP contribution in [0.2, 0.25) is 0 Å². The molecule has 2 N–H and O–H groups in total. The van der Waals surface area contributed by atoms with Gasteiger partial charge in [-0.25, -0.2) is 4.39 Å². The van der Waals surface area contributed by atoms with E-state index in [4.69, 9.17) is 0 Å². The van der Waals surface area contributed by atoms with Gasteiger partial charge in [-0.1, -0.05) is 25.5 Å². The maximum atomic E-state index is 12.9. The van der Waals surface area contributed by atoms with Crippen molar-refractivity contribution in [2.45, 2.75) is 45.7 Å². The fourth-order valence-electron chi connectivity index (χ4n) is 3.38. The number of amides is 2. The molecule has 0 bridgehead atoms. The third-order valence-electron chi connectivity index (χ3n) is 4.62. The maximum absolute atomic E-state index is 12.9. The van der Waals surface area contributed by atoms with Gasteiger partial charge in [-0.05, 0) is 30.0 Å². The minimum absolute atomic E-state index is 0.00462. The van der Waals surface area contributed by atoms with Crippen molar-refractivity contribution in [1.29, 1.82) is 0 Å². The standard InChI is InChI=1S/C19H28FN3O2/c1-3-4-16-12-23(13-18(16)22-14(2)24)10-9-19(25)21-11-15-5-7-17(20)8-6-15/h5-8,16,18H,3-4,9-13H2,1-2H3,(H,21,25)(H,22,24)/t16-,18-/m1/s1. The van der Waals surface area contributed by atoms with Gasteiger partial charge in [0.2, 0.25) is 11.8 Å². The molecule has 1 aromatic rings. The Hall–Kier alpha value is -1.95. The van der Waals surface area contributed by atoms with Gasteiger partial charge in [-0.3, -0.25) is 9.59 Å². The largest absolute Gasteiger partial charge is 0.352 e. The van der Waals surface area contributed by atoms with E-state index in [0.29, 0.717) is 25.4 Å². The monoisotopic (exact) mass is 349 g/mol. The van der Waals surface area contributed by atoms with E-state index in [0.717, 1.165) is 31.5 Å². The molecule has 0 saturated carbocycles. The smallest absolute Gasteiger partial charge is 0.221 e. The molecule has 25 heavy (non-hydrogen) atoms. The molecule has 1 fully saturated rings. The number of carbonyl (C=O) groups is 2. The number of nitrogens with zero attached hydrogens (tertiary/aromatic N) is 1. The zero-order valence-corrected chi connectivity index (χ0v) is 15.1.